The normalized spacial score (nSPS) is 18.3. The van der Waals surface area contributed by atoms with Gasteiger partial charge < -0.3 is 10.2 Å². The summed E-state index contributed by atoms with van der Waals surface area (Å²) in [5, 5.41) is 6.39. The van der Waals surface area contributed by atoms with Crippen LogP contribution in [0.2, 0.25) is 0 Å². The van der Waals surface area contributed by atoms with E-state index >= 15 is 0 Å². The van der Waals surface area contributed by atoms with Gasteiger partial charge in [-0.05, 0) is 43.9 Å². The van der Waals surface area contributed by atoms with Crippen molar-refractivity contribution in [3.63, 3.8) is 0 Å². The molecule has 0 spiro atoms. The minimum Gasteiger partial charge on any atom is -0.370 e. The lowest BCUT2D eigenvalue weighted by Gasteiger charge is -2.32. The lowest BCUT2D eigenvalue weighted by Crippen LogP contribution is -2.47. The molecular weight excluding hydrogens is 460 g/mol. The van der Waals surface area contributed by atoms with Gasteiger partial charge in [-0.3, -0.25) is 10.2 Å². The van der Waals surface area contributed by atoms with Gasteiger partial charge in [-0.1, -0.05) is 6.07 Å². The monoisotopic (exact) mass is 492 g/mol. The lowest BCUT2D eigenvalue weighted by atomic mass is 10.1. The van der Waals surface area contributed by atoms with Crippen LogP contribution in [0.25, 0.3) is 0 Å². The summed E-state index contributed by atoms with van der Waals surface area (Å²) in [4.78, 5) is 22.6. The Kier molecular flexibility index (Phi) is 7.52. The Morgan fingerprint density at radius 2 is 1.79 bits per heavy atom. The maximum Gasteiger partial charge on any atom is 0.325 e. The number of rotatable bonds is 6. The van der Waals surface area contributed by atoms with Crippen molar-refractivity contribution in [3.05, 3.63) is 34.8 Å². The van der Waals surface area contributed by atoms with E-state index in [1.165, 1.54) is 46.7 Å². The van der Waals surface area contributed by atoms with E-state index in [4.69, 9.17) is 0 Å². The molecule has 2 aliphatic heterocycles. The maximum atomic E-state index is 12.7. The third-order valence-corrected chi connectivity index (χ3v) is 8.25. The van der Waals surface area contributed by atoms with Gasteiger partial charge in [-0.25, -0.2) is 18.2 Å². The van der Waals surface area contributed by atoms with Gasteiger partial charge in [0.15, 0.2) is 5.13 Å². The number of piperidine rings is 1. The third kappa shape index (κ3) is 6.44. The van der Waals surface area contributed by atoms with E-state index in [-0.39, 0.29) is 6.03 Å². The predicted octanol–water partition coefficient (Wildman–Crippen LogP) is 3.16. The fraction of sp³-hybridized carbons (Fsp3) is 0.545. The number of nitrogens with one attached hydrogen (secondary N) is 2. The second kappa shape index (κ2) is 10.4. The Labute approximate surface area is 199 Å². The molecule has 2 N–H and O–H groups in total. The molecule has 2 aliphatic rings. The molecule has 0 bridgehead atoms. The number of carbonyl (C=O) groups excluding carboxylic acids is 1. The number of sulfonamides is 1. The summed E-state index contributed by atoms with van der Waals surface area (Å²) in [7, 11) is -3.13. The van der Waals surface area contributed by atoms with Crippen LogP contribution in [0.1, 0.15) is 29.7 Å². The number of carbonyl (C=O) groups is 1. The molecule has 0 saturated carbocycles. The number of hydrogen-bond donors (Lipinski definition) is 2. The Morgan fingerprint density at radius 1 is 1.06 bits per heavy atom. The summed E-state index contributed by atoms with van der Waals surface area (Å²) >= 11 is 1.44. The number of benzene rings is 1. The number of urea groups is 1. The molecule has 0 atom stereocenters. The molecule has 2 saturated heterocycles. The zero-order valence-electron chi connectivity index (χ0n) is 19.2. The van der Waals surface area contributed by atoms with Crippen LogP contribution in [0.3, 0.4) is 0 Å². The van der Waals surface area contributed by atoms with E-state index in [1.54, 1.807) is 6.20 Å². The van der Waals surface area contributed by atoms with E-state index in [1.807, 2.05) is 12.1 Å². The van der Waals surface area contributed by atoms with Crippen molar-refractivity contribution in [2.75, 3.05) is 61.1 Å². The minimum absolute atomic E-state index is 0.306. The fourth-order valence-electron chi connectivity index (χ4n) is 4.27. The number of anilines is 3. The minimum atomic E-state index is -3.13. The molecule has 2 fully saturated rings. The number of aromatic nitrogens is 1. The van der Waals surface area contributed by atoms with Crippen LogP contribution in [0, 0.1) is 6.92 Å². The van der Waals surface area contributed by atoms with E-state index in [0.717, 1.165) is 29.3 Å². The summed E-state index contributed by atoms with van der Waals surface area (Å²) in [5.41, 5.74) is 3.04. The second-order valence-electron chi connectivity index (χ2n) is 8.72. The van der Waals surface area contributed by atoms with Gasteiger partial charge >= 0.3 is 6.03 Å². The average molecular weight is 493 g/mol. The van der Waals surface area contributed by atoms with Crippen molar-refractivity contribution >= 4 is 43.9 Å². The van der Waals surface area contributed by atoms with Crippen molar-refractivity contribution in [2.24, 2.45) is 0 Å². The molecule has 0 radical (unpaired) electrons. The topological polar surface area (TPSA) is 97.9 Å². The summed E-state index contributed by atoms with van der Waals surface area (Å²) < 4.78 is 24.8. The van der Waals surface area contributed by atoms with Gasteiger partial charge in [-0.2, -0.15) is 4.31 Å². The summed E-state index contributed by atoms with van der Waals surface area (Å²) in [5.74, 6) is 0. The van der Waals surface area contributed by atoms with Crippen LogP contribution < -0.4 is 15.5 Å². The van der Waals surface area contributed by atoms with Crippen molar-refractivity contribution in [1.82, 2.24) is 14.2 Å². The number of thiazole rings is 1. The average Bonchev–Trinajstić information content (AvgIpc) is 3.22. The molecule has 0 aliphatic carbocycles. The number of piperazine rings is 1. The summed E-state index contributed by atoms with van der Waals surface area (Å²) in [6, 6.07) is 5.79. The Hall–Kier alpha value is -2.21. The van der Waals surface area contributed by atoms with E-state index < -0.39 is 10.0 Å². The largest absolute Gasteiger partial charge is 0.370 e. The van der Waals surface area contributed by atoms with Crippen LogP contribution >= 0.6 is 11.3 Å². The van der Waals surface area contributed by atoms with E-state index in [2.05, 4.69) is 38.4 Å². The van der Waals surface area contributed by atoms with Crippen LogP contribution in [-0.4, -0.2) is 74.2 Å². The van der Waals surface area contributed by atoms with E-state index in [9.17, 15) is 13.2 Å². The predicted molar refractivity (Wildman–Crippen MR) is 134 cm³/mol. The second-order valence-corrected chi connectivity index (χ2v) is 11.8. The fourth-order valence-corrected chi connectivity index (χ4v) is 5.95. The zero-order chi connectivity index (χ0) is 23.4. The van der Waals surface area contributed by atoms with Crippen LogP contribution in [-0.2, 0) is 16.6 Å². The molecule has 180 valence electrons. The third-order valence-electron chi connectivity index (χ3n) is 6.05. The van der Waals surface area contributed by atoms with Crippen LogP contribution in [0.15, 0.2) is 24.4 Å². The van der Waals surface area contributed by atoms with Crippen molar-refractivity contribution in [2.45, 2.75) is 32.7 Å². The van der Waals surface area contributed by atoms with E-state index in [0.29, 0.717) is 37.9 Å². The van der Waals surface area contributed by atoms with Gasteiger partial charge in [0.05, 0.1) is 17.6 Å². The number of nitrogens with zero attached hydrogens (tertiary/aromatic N) is 4. The highest BCUT2D eigenvalue weighted by Crippen LogP contribution is 2.30. The summed E-state index contributed by atoms with van der Waals surface area (Å²) in [6.07, 6.45) is 6.62. The number of amides is 2. The van der Waals surface area contributed by atoms with Crippen molar-refractivity contribution < 1.29 is 13.2 Å². The van der Waals surface area contributed by atoms with Gasteiger partial charge in [-0.15, -0.1) is 11.3 Å². The first-order valence-corrected chi connectivity index (χ1v) is 14.0. The maximum absolute atomic E-state index is 12.7. The van der Waals surface area contributed by atoms with Gasteiger partial charge in [0.25, 0.3) is 0 Å². The Bertz CT molecular complexity index is 1070. The molecule has 9 nitrogen and oxygen atoms in total. The smallest absolute Gasteiger partial charge is 0.325 e. The molecule has 4 rings (SSSR count). The number of hydrogen-bond acceptors (Lipinski definition) is 7. The molecule has 33 heavy (non-hydrogen) atoms. The van der Waals surface area contributed by atoms with Crippen LogP contribution in [0.5, 0.6) is 0 Å². The van der Waals surface area contributed by atoms with Crippen LogP contribution in [0.4, 0.5) is 21.3 Å². The molecule has 3 heterocycles. The first-order chi connectivity index (χ1) is 15.8. The highest BCUT2D eigenvalue weighted by Gasteiger charge is 2.24. The van der Waals surface area contributed by atoms with Gasteiger partial charge in [0.1, 0.15) is 0 Å². The quantitative estimate of drug-likeness (QED) is 0.643. The summed E-state index contributed by atoms with van der Waals surface area (Å²) in [6.45, 7) is 7.14. The Balaban J connectivity index is 1.32. The van der Waals surface area contributed by atoms with Crippen molar-refractivity contribution in [1.29, 1.82) is 0 Å². The molecule has 2 amide bonds. The molecule has 0 unspecified atom stereocenters. The molecule has 1 aromatic carbocycles. The first-order valence-electron chi connectivity index (χ1n) is 11.3. The van der Waals surface area contributed by atoms with Crippen molar-refractivity contribution in [3.8, 4) is 0 Å². The molecular formula is C22H32N6O3S2. The highest BCUT2D eigenvalue weighted by molar-refractivity contribution is 7.88. The van der Waals surface area contributed by atoms with Gasteiger partial charge in [0, 0.05) is 56.9 Å². The molecule has 11 heteroatoms. The SMILES string of the molecule is Cc1ccc(NC(=O)Nc2ncc(CN3CCN(S(C)(=O)=O)CC3)s2)c(N2CCCCC2)c1. The molecule has 1 aromatic heterocycles. The van der Waals surface area contributed by atoms with Gasteiger partial charge in [0.2, 0.25) is 10.0 Å². The standard InChI is InChI=1S/C22H32N6O3S2/c1-17-6-7-19(20(14-17)27-8-4-3-5-9-27)24-21(29)25-22-23-15-18(32-22)16-26-10-12-28(13-11-26)33(2,30)31/h6-7,14-15H,3-5,8-13,16H2,1-2H3,(H2,23,24,25,29). The zero-order valence-corrected chi connectivity index (χ0v) is 20.8. The lowest BCUT2D eigenvalue weighted by molar-refractivity contribution is 0.183. The number of aryl methyl sites for hydroxylation is 1. The molecule has 2 aromatic rings. The Morgan fingerprint density at radius 3 is 2.48 bits per heavy atom. The first kappa shape index (κ1) is 23.9. The highest BCUT2D eigenvalue weighted by atomic mass is 32.2.